The van der Waals surface area contributed by atoms with Gasteiger partial charge in [-0.3, -0.25) is 29.8 Å². The quantitative estimate of drug-likeness (QED) is 0.189. The van der Waals surface area contributed by atoms with Crippen LogP contribution < -0.4 is 10.2 Å². The fraction of sp³-hybridized carbons (Fsp3) is 0.257. The Balaban J connectivity index is 1.43. The highest BCUT2D eigenvalue weighted by molar-refractivity contribution is 6.30. The zero-order chi connectivity index (χ0) is 33.2. The van der Waals surface area contributed by atoms with Crippen LogP contribution in [0.15, 0.2) is 84.5 Å². The van der Waals surface area contributed by atoms with Crippen LogP contribution in [0, 0.1) is 35.4 Å². The topological polar surface area (TPSA) is 136 Å². The number of phenols is 1. The number of hydrogen-bond acceptors (Lipinski definition) is 8. The second-order valence-electron chi connectivity index (χ2n) is 12.2. The molecule has 0 spiro atoms. The number of carbonyl (C=O) groups excluding carboxylic acids is 4. The molecular weight excluding hydrogens is 629 g/mol. The van der Waals surface area contributed by atoms with E-state index in [2.05, 4.69) is 5.43 Å². The summed E-state index contributed by atoms with van der Waals surface area (Å²) in [5.74, 6) is -7.02. The molecule has 2 saturated heterocycles. The number of fused-ring (bicyclic) bond motifs is 4. The number of methoxy groups -OCH3 is 1. The lowest BCUT2D eigenvalue weighted by molar-refractivity contribution is -0.173. The number of imide groups is 2. The van der Waals surface area contributed by atoms with Crippen LogP contribution in [0.3, 0.4) is 0 Å². The number of phenolic OH excluding ortho intramolecular Hbond substituents is 1. The lowest BCUT2D eigenvalue weighted by Crippen LogP contribution is -2.54. The molecule has 3 aromatic carbocycles. The standard InChI is InChI=1S/C35H29ClFN3O7/c1-47-29-16-18(3-15-28(29)41)2-14-26-23-12-13-24-30(33(44)40(46)31(24)42)25(23)17-27-32(43)39(38-22-10-8-21(37)9-11-22)34(45)35(26,27)19-4-6-20(36)7-5-19/h2-12,14-16,24-27,30,38,41,46H,13,17H2,1H3. The van der Waals surface area contributed by atoms with Crippen molar-refractivity contribution in [3.8, 4) is 11.5 Å². The molecule has 4 amide bonds. The SMILES string of the molecule is COc1cc(C=CC2C3=CCC4C(=O)N(O)C(=O)C4C3CC3C(=O)N(Nc4ccc(F)cc4)C(=O)C23c2ccc(Cl)cc2)ccc1O. The van der Waals surface area contributed by atoms with Crippen LogP contribution in [0.25, 0.3) is 6.08 Å². The fourth-order valence-corrected chi connectivity index (χ4v) is 8.02. The number of benzene rings is 3. The number of hydrogen-bond donors (Lipinski definition) is 3. The molecule has 2 heterocycles. The molecule has 0 aromatic heterocycles. The average Bonchev–Trinajstić information content (AvgIpc) is 3.42. The van der Waals surface area contributed by atoms with Crippen molar-refractivity contribution in [2.45, 2.75) is 18.3 Å². The number of allylic oxidation sites excluding steroid dienone is 3. The van der Waals surface area contributed by atoms with E-state index in [1.54, 1.807) is 48.6 Å². The second kappa shape index (κ2) is 11.4. The first-order chi connectivity index (χ1) is 22.6. The van der Waals surface area contributed by atoms with Gasteiger partial charge in [-0.2, -0.15) is 10.1 Å². The predicted molar refractivity (Wildman–Crippen MR) is 167 cm³/mol. The molecule has 6 atom stereocenters. The Hall–Kier alpha value is -5.00. The molecule has 1 saturated carbocycles. The zero-order valence-electron chi connectivity index (χ0n) is 25.0. The van der Waals surface area contributed by atoms with Gasteiger partial charge in [0.25, 0.3) is 23.6 Å². The van der Waals surface area contributed by atoms with Gasteiger partial charge >= 0.3 is 0 Å². The van der Waals surface area contributed by atoms with Crippen molar-refractivity contribution in [3.63, 3.8) is 0 Å². The summed E-state index contributed by atoms with van der Waals surface area (Å²) in [7, 11) is 1.42. The summed E-state index contributed by atoms with van der Waals surface area (Å²) in [6.45, 7) is 0. The van der Waals surface area contributed by atoms with Gasteiger partial charge in [0, 0.05) is 10.9 Å². The molecule has 7 rings (SSSR count). The minimum atomic E-state index is -1.52. The summed E-state index contributed by atoms with van der Waals surface area (Å²) < 4.78 is 19.0. The lowest BCUT2D eigenvalue weighted by Gasteiger charge is -2.49. The number of hydroxylamine groups is 2. The van der Waals surface area contributed by atoms with E-state index >= 15 is 0 Å². The molecule has 0 radical (unpaired) electrons. The third-order valence-corrected chi connectivity index (χ3v) is 10.2. The van der Waals surface area contributed by atoms with Gasteiger partial charge in [-0.25, -0.2) is 4.39 Å². The summed E-state index contributed by atoms with van der Waals surface area (Å²) in [6.07, 6.45) is 5.62. The number of ether oxygens (including phenoxy) is 1. The summed E-state index contributed by atoms with van der Waals surface area (Å²) >= 11 is 6.28. The van der Waals surface area contributed by atoms with E-state index in [1.165, 1.54) is 37.4 Å². The summed E-state index contributed by atoms with van der Waals surface area (Å²) in [4.78, 5) is 55.5. The van der Waals surface area contributed by atoms with E-state index in [9.17, 15) is 33.9 Å². The van der Waals surface area contributed by atoms with Crippen LogP contribution in [-0.2, 0) is 24.6 Å². The van der Waals surface area contributed by atoms with Crippen LogP contribution in [0.4, 0.5) is 10.1 Å². The third-order valence-electron chi connectivity index (χ3n) is 9.98. The highest BCUT2D eigenvalue weighted by Gasteiger charge is 2.69. The highest BCUT2D eigenvalue weighted by atomic mass is 35.5. The molecule has 2 aliphatic heterocycles. The summed E-state index contributed by atoms with van der Waals surface area (Å²) in [5, 5.41) is 22.0. The van der Waals surface area contributed by atoms with Gasteiger partial charge in [0.15, 0.2) is 11.5 Å². The Morgan fingerprint density at radius 2 is 1.70 bits per heavy atom. The molecule has 6 unspecified atom stereocenters. The number of nitrogens with zero attached hydrogens (tertiary/aromatic N) is 2. The van der Waals surface area contributed by atoms with Crippen molar-refractivity contribution in [2.24, 2.45) is 29.6 Å². The van der Waals surface area contributed by atoms with E-state index < -0.39 is 64.5 Å². The maximum absolute atomic E-state index is 14.9. The first-order valence-corrected chi connectivity index (χ1v) is 15.4. The van der Waals surface area contributed by atoms with Crippen LogP contribution in [0.1, 0.15) is 24.0 Å². The highest BCUT2D eigenvalue weighted by Crippen LogP contribution is 2.61. The van der Waals surface area contributed by atoms with Crippen LogP contribution in [0.5, 0.6) is 11.5 Å². The van der Waals surface area contributed by atoms with Crippen LogP contribution >= 0.6 is 11.6 Å². The van der Waals surface area contributed by atoms with Gasteiger partial charge in [0.1, 0.15) is 5.82 Å². The number of halogens is 2. The minimum Gasteiger partial charge on any atom is -0.504 e. The minimum absolute atomic E-state index is 0.0476. The monoisotopic (exact) mass is 657 g/mol. The Labute approximate surface area is 273 Å². The first kappa shape index (κ1) is 30.6. The molecule has 3 aromatic rings. The van der Waals surface area contributed by atoms with E-state index in [-0.39, 0.29) is 29.4 Å². The molecule has 0 bridgehead atoms. The third kappa shape index (κ3) is 4.63. The Bertz CT molecular complexity index is 1880. The van der Waals surface area contributed by atoms with Crippen molar-refractivity contribution in [1.29, 1.82) is 0 Å². The molecule has 47 heavy (non-hydrogen) atoms. The van der Waals surface area contributed by atoms with E-state index in [0.29, 0.717) is 27.4 Å². The largest absolute Gasteiger partial charge is 0.504 e. The smallest absolute Gasteiger partial charge is 0.260 e. The maximum Gasteiger partial charge on any atom is 0.260 e. The number of carbonyl (C=O) groups is 4. The van der Waals surface area contributed by atoms with Crippen LogP contribution in [-0.4, -0.2) is 51.1 Å². The van der Waals surface area contributed by atoms with E-state index in [0.717, 1.165) is 5.01 Å². The fourth-order valence-electron chi connectivity index (χ4n) is 7.89. The van der Waals surface area contributed by atoms with Crippen molar-refractivity contribution < 1.29 is 38.6 Å². The van der Waals surface area contributed by atoms with Gasteiger partial charge in [0.05, 0.1) is 36.0 Å². The summed E-state index contributed by atoms with van der Waals surface area (Å²) in [5.41, 5.74) is 3.51. The predicted octanol–water partition coefficient (Wildman–Crippen LogP) is 5.11. The maximum atomic E-state index is 14.9. The van der Waals surface area contributed by atoms with Crippen LogP contribution in [0.2, 0.25) is 5.02 Å². The average molecular weight is 658 g/mol. The Morgan fingerprint density at radius 3 is 2.40 bits per heavy atom. The summed E-state index contributed by atoms with van der Waals surface area (Å²) in [6, 6.07) is 16.7. The van der Waals surface area contributed by atoms with Crippen molar-refractivity contribution in [1.82, 2.24) is 10.1 Å². The van der Waals surface area contributed by atoms with Crippen molar-refractivity contribution in [3.05, 3.63) is 106 Å². The molecule has 12 heteroatoms. The molecule has 240 valence electrons. The second-order valence-corrected chi connectivity index (χ2v) is 12.6. The van der Waals surface area contributed by atoms with Crippen molar-refractivity contribution >= 4 is 47.0 Å². The Morgan fingerprint density at radius 1 is 0.979 bits per heavy atom. The van der Waals surface area contributed by atoms with Gasteiger partial charge in [0.2, 0.25) is 0 Å². The molecular formula is C35H29ClFN3O7. The van der Waals surface area contributed by atoms with Gasteiger partial charge in [-0.1, -0.05) is 53.6 Å². The number of anilines is 1. The number of aromatic hydroxyl groups is 1. The number of amides is 4. The number of rotatable bonds is 6. The lowest BCUT2D eigenvalue weighted by atomic mass is 9.50. The molecule has 2 aliphatic carbocycles. The van der Waals surface area contributed by atoms with Gasteiger partial charge in [-0.05, 0) is 78.4 Å². The van der Waals surface area contributed by atoms with Gasteiger partial charge in [-0.15, -0.1) is 0 Å². The number of nitrogens with one attached hydrogen (secondary N) is 1. The van der Waals surface area contributed by atoms with Gasteiger partial charge < -0.3 is 9.84 Å². The number of hydrazine groups is 1. The van der Waals surface area contributed by atoms with E-state index in [4.69, 9.17) is 16.3 Å². The van der Waals surface area contributed by atoms with Crippen molar-refractivity contribution in [2.75, 3.05) is 12.5 Å². The van der Waals surface area contributed by atoms with E-state index in [1.807, 2.05) is 6.08 Å². The molecule has 4 aliphatic rings. The first-order valence-electron chi connectivity index (χ1n) is 15.0. The Kier molecular flexibility index (Phi) is 7.40. The molecule has 3 fully saturated rings. The molecule has 3 N–H and O–H groups in total. The molecule has 10 nitrogen and oxygen atoms in total. The zero-order valence-corrected chi connectivity index (χ0v) is 25.7. The normalized spacial score (nSPS) is 28.3.